The van der Waals surface area contributed by atoms with Crippen molar-refractivity contribution in [3.63, 3.8) is 0 Å². The van der Waals surface area contributed by atoms with E-state index in [4.69, 9.17) is 4.74 Å². The number of piperidine rings is 2. The molecule has 12 nitrogen and oxygen atoms in total. The average Bonchev–Trinajstić information content (AvgIpc) is 3.60. The Balaban J connectivity index is 0.790. The van der Waals surface area contributed by atoms with Crippen LogP contribution in [0, 0.1) is 0 Å². The van der Waals surface area contributed by atoms with Gasteiger partial charge in [0.2, 0.25) is 11.8 Å². The van der Waals surface area contributed by atoms with E-state index in [2.05, 4.69) is 25.1 Å². The maximum absolute atomic E-state index is 14.1. The van der Waals surface area contributed by atoms with Gasteiger partial charge in [-0.1, -0.05) is 12.1 Å². The summed E-state index contributed by atoms with van der Waals surface area (Å²) >= 11 is 0. The number of alkyl halides is 2. The van der Waals surface area contributed by atoms with Gasteiger partial charge in [-0.05, 0) is 67.3 Å². The zero-order chi connectivity index (χ0) is 35.7. The summed E-state index contributed by atoms with van der Waals surface area (Å²) < 4.78 is 35.6. The number of halogens is 2. The van der Waals surface area contributed by atoms with E-state index in [0.717, 1.165) is 63.4 Å². The number of anilines is 2. The zero-order valence-corrected chi connectivity index (χ0v) is 27.9. The second-order valence-corrected chi connectivity index (χ2v) is 13.7. The molecule has 14 heteroatoms. The molecule has 4 amide bonds. The second kappa shape index (κ2) is 12.5. The van der Waals surface area contributed by atoms with Crippen molar-refractivity contribution in [1.82, 2.24) is 24.8 Å². The summed E-state index contributed by atoms with van der Waals surface area (Å²) in [6.45, 7) is 0.196. The number of amides is 4. The number of benzene rings is 2. The van der Waals surface area contributed by atoms with Crippen LogP contribution < -0.4 is 15.1 Å². The third-order valence-electron chi connectivity index (χ3n) is 10.7. The molecule has 0 spiro atoms. The SMILES string of the molecule is O=C1CCC(N2C(=O)c3ccc(N4CCC(OC5CN(c6ccc(-c7ccc8c9cnccc9n(C(F)F)c8c7)cn6)C5)CC4)cc3C2=O)C(=O)N1. The average molecular weight is 706 g/mol. The van der Waals surface area contributed by atoms with Gasteiger partial charge in [0.25, 0.3) is 11.8 Å². The second-order valence-electron chi connectivity index (χ2n) is 13.7. The first kappa shape index (κ1) is 32.2. The third-order valence-corrected chi connectivity index (χ3v) is 10.7. The number of ether oxygens (including phenoxy) is 1. The molecule has 2 aromatic carbocycles. The summed E-state index contributed by atoms with van der Waals surface area (Å²) in [7, 11) is 0. The van der Waals surface area contributed by atoms with Crippen LogP contribution in [-0.2, 0) is 14.3 Å². The highest BCUT2D eigenvalue weighted by atomic mass is 19.3. The fraction of sp³-hybridized carbons (Fsp3) is 0.316. The van der Waals surface area contributed by atoms with Crippen LogP contribution in [0.3, 0.4) is 0 Å². The number of aromatic nitrogens is 3. The van der Waals surface area contributed by atoms with Crippen LogP contribution in [0.1, 0.15) is 52.9 Å². The van der Waals surface area contributed by atoms with E-state index < -0.39 is 36.2 Å². The highest BCUT2D eigenvalue weighted by Gasteiger charge is 2.45. The molecule has 3 saturated heterocycles. The monoisotopic (exact) mass is 705 g/mol. The number of carbonyl (C=O) groups excluding carboxylic acids is 4. The maximum atomic E-state index is 14.1. The Kier molecular flexibility index (Phi) is 7.72. The summed E-state index contributed by atoms with van der Waals surface area (Å²) in [6.07, 6.45) is 6.89. The zero-order valence-electron chi connectivity index (χ0n) is 27.9. The molecule has 1 unspecified atom stereocenters. The summed E-state index contributed by atoms with van der Waals surface area (Å²) in [6, 6.07) is 15.3. The Bertz CT molecular complexity index is 2280. The van der Waals surface area contributed by atoms with Crippen LogP contribution >= 0.6 is 0 Å². The van der Waals surface area contributed by atoms with Gasteiger partial charge in [-0.15, -0.1) is 0 Å². The Morgan fingerprint density at radius 3 is 2.31 bits per heavy atom. The van der Waals surface area contributed by atoms with Crippen molar-refractivity contribution in [3.8, 4) is 11.1 Å². The topological polar surface area (TPSA) is 130 Å². The molecular formula is C38H33F2N7O5. The van der Waals surface area contributed by atoms with Gasteiger partial charge >= 0.3 is 6.55 Å². The summed E-state index contributed by atoms with van der Waals surface area (Å²) in [5, 5.41) is 3.64. The van der Waals surface area contributed by atoms with Crippen LogP contribution in [0.5, 0.6) is 0 Å². The summed E-state index contributed by atoms with van der Waals surface area (Å²) in [4.78, 5) is 64.4. The van der Waals surface area contributed by atoms with Crippen LogP contribution in [0.25, 0.3) is 32.9 Å². The highest BCUT2D eigenvalue weighted by Crippen LogP contribution is 2.36. The van der Waals surface area contributed by atoms with Crippen LogP contribution in [-0.4, -0.2) is 87.5 Å². The van der Waals surface area contributed by atoms with Crippen molar-refractivity contribution in [3.05, 3.63) is 84.3 Å². The molecule has 3 fully saturated rings. The standard InChI is InChI=1S/C38H33F2N7O5/c39-38(40)46-30-9-12-41-18-29(30)26-4-1-21(15-32(26)46)22-2-7-33(42-17-22)45-19-25(20-45)52-24-10-13-44(14-11-24)23-3-5-27-28(16-23)37(51)47(36(27)50)31-6-8-34(48)43-35(31)49/h1-5,7,9,12,15-18,24-25,31,38H,6,8,10-11,13-14,19-20H2,(H,43,48,49). The molecule has 0 aliphatic carbocycles. The highest BCUT2D eigenvalue weighted by molar-refractivity contribution is 6.23. The number of nitrogens with zero attached hydrogens (tertiary/aromatic N) is 6. The van der Waals surface area contributed by atoms with Gasteiger partial charge in [0.05, 0.1) is 34.4 Å². The van der Waals surface area contributed by atoms with Crippen molar-refractivity contribution < 1.29 is 32.7 Å². The summed E-state index contributed by atoms with van der Waals surface area (Å²) in [5.41, 5.74) is 3.91. The Labute approximate surface area is 296 Å². The van der Waals surface area contributed by atoms with Gasteiger partial charge in [-0.2, -0.15) is 8.78 Å². The lowest BCUT2D eigenvalue weighted by atomic mass is 10.0. The molecule has 4 aliphatic rings. The van der Waals surface area contributed by atoms with Gasteiger partial charge in [-0.25, -0.2) is 4.98 Å². The predicted octanol–water partition coefficient (Wildman–Crippen LogP) is 4.92. The molecule has 4 aliphatic heterocycles. The predicted molar refractivity (Wildman–Crippen MR) is 187 cm³/mol. The molecule has 264 valence electrons. The number of hydrogen-bond donors (Lipinski definition) is 1. The van der Waals surface area contributed by atoms with Gasteiger partial charge in [-0.3, -0.25) is 38.9 Å². The van der Waals surface area contributed by atoms with Crippen LogP contribution in [0.15, 0.2) is 73.2 Å². The smallest absolute Gasteiger partial charge is 0.319 e. The van der Waals surface area contributed by atoms with Crippen molar-refractivity contribution >= 4 is 56.9 Å². The normalized spacial score (nSPS) is 20.0. The fourth-order valence-electron chi connectivity index (χ4n) is 7.92. The van der Waals surface area contributed by atoms with Crippen molar-refractivity contribution in [2.45, 2.75) is 50.5 Å². The molecule has 0 saturated carbocycles. The first-order valence-electron chi connectivity index (χ1n) is 17.4. The van der Waals surface area contributed by atoms with Gasteiger partial charge < -0.3 is 14.5 Å². The third kappa shape index (κ3) is 5.36. The van der Waals surface area contributed by atoms with Crippen LogP contribution in [0.2, 0.25) is 0 Å². The minimum atomic E-state index is -2.68. The van der Waals surface area contributed by atoms with Gasteiger partial charge in [0, 0.05) is 73.2 Å². The molecule has 3 aromatic heterocycles. The van der Waals surface area contributed by atoms with E-state index >= 15 is 0 Å². The van der Waals surface area contributed by atoms with E-state index in [1.807, 2.05) is 30.3 Å². The molecule has 9 rings (SSSR count). The van der Waals surface area contributed by atoms with E-state index in [1.165, 1.54) is 6.20 Å². The number of fused-ring (bicyclic) bond motifs is 4. The first-order chi connectivity index (χ1) is 25.2. The number of hydrogen-bond acceptors (Lipinski definition) is 9. The first-order valence-corrected chi connectivity index (χ1v) is 17.4. The largest absolute Gasteiger partial charge is 0.371 e. The van der Waals surface area contributed by atoms with Crippen LogP contribution in [0.4, 0.5) is 20.3 Å². The maximum Gasteiger partial charge on any atom is 0.319 e. The van der Waals surface area contributed by atoms with Gasteiger partial charge in [0.15, 0.2) is 0 Å². The molecule has 5 aromatic rings. The molecule has 7 heterocycles. The van der Waals surface area contributed by atoms with E-state index in [9.17, 15) is 28.0 Å². The van der Waals surface area contributed by atoms with Crippen molar-refractivity contribution in [2.75, 3.05) is 36.0 Å². The number of imide groups is 2. The quantitative estimate of drug-likeness (QED) is 0.235. The number of nitrogens with one attached hydrogen (secondary N) is 1. The summed E-state index contributed by atoms with van der Waals surface area (Å²) in [5.74, 6) is -1.23. The Morgan fingerprint density at radius 2 is 1.56 bits per heavy atom. The number of carbonyl (C=O) groups is 4. The molecule has 52 heavy (non-hydrogen) atoms. The lowest BCUT2D eigenvalue weighted by Crippen LogP contribution is -2.54. The molecule has 0 radical (unpaired) electrons. The number of rotatable bonds is 7. The van der Waals surface area contributed by atoms with Gasteiger partial charge in [0.1, 0.15) is 11.9 Å². The molecule has 0 bridgehead atoms. The lowest BCUT2D eigenvalue weighted by Gasteiger charge is -2.43. The van der Waals surface area contributed by atoms with E-state index in [-0.39, 0.29) is 36.2 Å². The Morgan fingerprint density at radius 1 is 0.769 bits per heavy atom. The minimum Gasteiger partial charge on any atom is -0.371 e. The molecule has 1 N–H and O–H groups in total. The molecular weight excluding hydrogens is 672 g/mol. The van der Waals surface area contributed by atoms with E-state index in [0.29, 0.717) is 29.5 Å². The molecule has 1 atom stereocenters. The fourth-order valence-corrected chi connectivity index (χ4v) is 7.92. The van der Waals surface area contributed by atoms with Crippen molar-refractivity contribution in [2.24, 2.45) is 0 Å². The lowest BCUT2D eigenvalue weighted by molar-refractivity contribution is -0.136. The minimum absolute atomic E-state index is 0.0769. The Hall–Kier alpha value is -5.76. The number of pyridine rings is 2. The van der Waals surface area contributed by atoms with E-state index in [1.54, 1.807) is 36.7 Å². The van der Waals surface area contributed by atoms with Crippen molar-refractivity contribution in [1.29, 1.82) is 0 Å².